The molecule has 1 aliphatic carbocycles. The molecule has 5 rings (SSSR count). The Morgan fingerprint density at radius 2 is 1.02 bits per heavy atom. The molecule has 0 unspecified atom stereocenters. The summed E-state index contributed by atoms with van der Waals surface area (Å²) in [7, 11) is -8.11. The van der Waals surface area contributed by atoms with E-state index in [4.69, 9.17) is 5.11 Å². The average molecular weight is 605 g/mol. The lowest BCUT2D eigenvalue weighted by molar-refractivity contribution is 0.0971. The van der Waals surface area contributed by atoms with Crippen LogP contribution >= 0.6 is 0 Å². The fourth-order valence-corrected chi connectivity index (χ4v) is 7.48. The van der Waals surface area contributed by atoms with Crippen LogP contribution in [0.15, 0.2) is 82.6 Å². The second-order valence-corrected chi connectivity index (χ2v) is 14.0. The largest absolute Gasteiger partial charge is 0.396 e. The molecule has 3 aromatic carbocycles. The zero-order valence-electron chi connectivity index (χ0n) is 22.8. The predicted molar refractivity (Wildman–Crippen MR) is 155 cm³/mol. The normalized spacial score (nSPS) is 13.1. The third-order valence-corrected chi connectivity index (χ3v) is 10.3. The Morgan fingerprint density at radius 3 is 1.40 bits per heavy atom. The minimum atomic E-state index is -4.07. The van der Waals surface area contributed by atoms with Crippen molar-refractivity contribution >= 4 is 31.2 Å². The number of aryl methyl sites for hydroxylation is 1. The van der Waals surface area contributed by atoms with Crippen LogP contribution in [0.1, 0.15) is 68.0 Å². The Kier molecular flexibility index (Phi) is 8.18. The van der Waals surface area contributed by atoms with Crippen molar-refractivity contribution in [3.8, 4) is 0 Å². The van der Waals surface area contributed by atoms with Crippen LogP contribution in [-0.4, -0.2) is 50.1 Å². The zero-order chi connectivity index (χ0) is 30.1. The number of benzene rings is 3. The molecule has 216 valence electrons. The molecule has 0 fully saturated rings. The van der Waals surface area contributed by atoms with Gasteiger partial charge in [-0.25, -0.2) is 26.8 Å². The van der Waals surface area contributed by atoms with Gasteiger partial charge in [0, 0.05) is 17.7 Å². The van der Waals surface area contributed by atoms with E-state index in [0.29, 0.717) is 6.42 Å². The van der Waals surface area contributed by atoms with Gasteiger partial charge in [0.25, 0.3) is 0 Å². The molecular formula is C31H28N2O7S2. The van der Waals surface area contributed by atoms with Crippen LogP contribution < -0.4 is 0 Å². The molecule has 0 spiro atoms. The first kappa shape index (κ1) is 29.4. The fraction of sp³-hybridized carbons (Fsp3) is 0.226. The van der Waals surface area contributed by atoms with Crippen LogP contribution in [0.4, 0.5) is 0 Å². The van der Waals surface area contributed by atoms with Crippen molar-refractivity contribution in [2.45, 2.75) is 47.5 Å². The minimum absolute atomic E-state index is 0.0166. The number of hydrogen-bond donors (Lipinski definition) is 1. The molecular weight excluding hydrogens is 576 g/mol. The second kappa shape index (κ2) is 11.7. The Morgan fingerprint density at radius 1 is 0.619 bits per heavy atom. The molecule has 0 saturated heterocycles. The molecule has 9 nitrogen and oxygen atoms in total. The molecule has 0 aliphatic heterocycles. The van der Waals surface area contributed by atoms with Gasteiger partial charge >= 0.3 is 0 Å². The summed E-state index contributed by atoms with van der Waals surface area (Å²) in [4.78, 5) is 35.2. The van der Waals surface area contributed by atoms with Gasteiger partial charge in [0.15, 0.2) is 19.7 Å². The molecule has 0 radical (unpaired) electrons. The number of sulfone groups is 2. The van der Waals surface area contributed by atoms with Crippen LogP contribution in [0, 0.1) is 0 Å². The van der Waals surface area contributed by atoms with E-state index in [-0.39, 0.29) is 50.3 Å². The molecule has 0 bridgehead atoms. The molecule has 0 saturated carbocycles. The Bertz CT molecular complexity index is 1760. The van der Waals surface area contributed by atoms with E-state index >= 15 is 0 Å². The smallest absolute Gasteiger partial charge is 0.214 e. The van der Waals surface area contributed by atoms with Gasteiger partial charge in [-0.3, -0.25) is 9.59 Å². The molecule has 11 heteroatoms. The van der Waals surface area contributed by atoms with E-state index in [0.717, 1.165) is 24.0 Å². The van der Waals surface area contributed by atoms with E-state index in [1.807, 2.05) is 6.92 Å². The number of carbonyl (C=O) groups excluding carboxylic acids is 2. The van der Waals surface area contributed by atoms with Crippen LogP contribution in [-0.2, 0) is 44.0 Å². The van der Waals surface area contributed by atoms with Crippen LogP contribution in [0.25, 0.3) is 0 Å². The maximum atomic E-state index is 13.5. The number of aliphatic hydroxyl groups excluding tert-OH is 1. The lowest BCUT2D eigenvalue weighted by Gasteiger charge is -2.19. The molecule has 1 aliphatic rings. The van der Waals surface area contributed by atoms with Gasteiger partial charge in [0.05, 0.1) is 32.7 Å². The first-order valence-electron chi connectivity index (χ1n) is 13.4. The zero-order valence-corrected chi connectivity index (χ0v) is 24.4. The van der Waals surface area contributed by atoms with Gasteiger partial charge in [-0.2, -0.15) is 0 Å². The highest BCUT2D eigenvalue weighted by Gasteiger charge is 2.35. The standard InChI is InChI=1S/C31H28N2O7S2/c1-2-5-20-8-12-22(13-9-20)41(37,38)18-26-27(19-42(39,40)23-14-10-21(11-15-23)16-17-34)33-29-28(32-26)30(35)24-6-3-4-7-25(24)31(29)36/h3-4,6-15,34H,2,5,16-19H2,1H3. The first-order chi connectivity index (χ1) is 20.0. The predicted octanol–water partition coefficient (Wildman–Crippen LogP) is 3.69. The number of ketones is 2. The van der Waals surface area contributed by atoms with Crippen molar-refractivity contribution in [1.82, 2.24) is 9.97 Å². The van der Waals surface area contributed by atoms with Crippen LogP contribution in [0.3, 0.4) is 0 Å². The van der Waals surface area contributed by atoms with Crippen molar-refractivity contribution in [1.29, 1.82) is 0 Å². The Hall–Kier alpha value is -4.06. The molecule has 1 aromatic heterocycles. The number of carbonyl (C=O) groups is 2. The molecule has 4 aromatic rings. The number of hydrogen-bond acceptors (Lipinski definition) is 9. The van der Waals surface area contributed by atoms with Gasteiger partial charge < -0.3 is 5.11 Å². The fourth-order valence-electron chi connectivity index (χ4n) is 4.86. The van der Waals surface area contributed by atoms with Gasteiger partial charge in [0.2, 0.25) is 11.6 Å². The summed E-state index contributed by atoms with van der Waals surface area (Å²) in [6.45, 7) is 1.93. The highest BCUT2D eigenvalue weighted by Crippen LogP contribution is 2.29. The Balaban J connectivity index is 1.59. The summed E-state index contributed by atoms with van der Waals surface area (Å²) in [5.41, 5.74) is 0.892. The summed E-state index contributed by atoms with van der Waals surface area (Å²) in [5.74, 6) is -2.65. The van der Waals surface area contributed by atoms with Gasteiger partial charge in [0.1, 0.15) is 11.4 Å². The van der Waals surface area contributed by atoms with Gasteiger partial charge in [-0.1, -0.05) is 61.9 Å². The SMILES string of the molecule is CCCc1ccc(S(=O)(=O)Cc2nc3c(nc2CS(=O)(=O)c2ccc(CCO)cc2)C(=O)c2ccccc2C3=O)cc1. The highest BCUT2D eigenvalue weighted by molar-refractivity contribution is 7.91. The third kappa shape index (κ3) is 5.80. The summed E-state index contributed by atoms with van der Waals surface area (Å²) >= 11 is 0. The molecule has 1 heterocycles. The lowest BCUT2D eigenvalue weighted by atomic mass is 9.89. The van der Waals surface area contributed by atoms with Crippen molar-refractivity contribution in [3.05, 3.63) is 118 Å². The Labute approximate surface area is 244 Å². The lowest BCUT2D eigenvalue weighted by Crippen LogP contribution is -2.27. The maximum absolute atomic E-state index is 13.5. The number of nitrogens with zero attached hydrogens (tertiary/aromatic N) is 2. The number of rotatable bonds is 10. The van der Waals surface area contributed by atoms with Gasteiger partial charge in [-0.15, -0.1) is 0 Å². The summed E-state index contributed by atoms with van der Waals surface area (Å²) in [5, 5.41) is 9.15. The number of aliphatic hydroxyl groups is 1. The summed E-state index contributed by atoms with van der Waals surface area (Å²) in [6, 6.07) is 18.5. The molecule has 0 atom stereocenters. The maximum Gasteiger partial charge on any atom is 0.214 e. The number of fused-ring (bicyclic) bond motifs is 2. The second-order valence-electron chi connectivity index (χ2n) is 10.0. The minimum Gasteiger partial charge on any atom is -0.396 e. The van der Waals surface area contributed by atoms with E-state index in [1.165, 1.54) is 36.4 Å². The average Bonchev–Trinajstić information content (AvgIpc) is 2.97. The van der Waals surface area contributed by atoms with Crippen molar-refractivity contribution in [3.63, 3.8) is 0 Å². The van der Waals surface area contributed by atoms with E-state index < -0.39 is 42.7 Å². The first-order valence-corrected chi connectivity index (χ1v) is 16.7. The van der Waals surface area contributed by atoms with E-state index in [2.05, 4.69) is 9.97 Å². The van der Waals surface area contributed by atoms with Crippen molar-refractivity contribution < 1.29 is 31.5 Å². The molecule has 0 amide bonds. The third-order valence-electron chi connectivity index (χ3n) is 7.05. The van der Waals surface area contributed by atoms with Crippen LogP contribution in [0.2, 0.25) is 0 Å². The summed E-state index contributed by atoms with van der Waals surface area (Å²) in [6.07, 6.45) is 2.04. The topological polar surface area (TPSA) is 148 Å². The van der Waals surface area contributed by atoms with Gasteiger partial charge in [-0.05, 0) is 48.2 Å². The van der Waals surface area contributed by atoms with Crippen molar-refractivity contribution in [2.75, 3.05) is 6.61 Å². The monoisotopic (exact) mass is 604 g/mol. The molecule has 42 heavy (non-hydrogen) atoms. The van der Waals surface area contributed by atoms with E-state index in [9.17, 15) is 26.4 Å². The van der Waals surface area contributed by atoms with Crippen LogP contribution in [0.5, 0.6) is 0 Å². The van der Waals surface area contributed by atoms with E-state index in [1.54, 1.807) is 36.4 Å². The summed E-state index contributed by atoms with van der Waals surface area (Å²) < 4.78 is 53.9. The quantitative estimate of drug-likeness (QED) is 0.252. The highest BCUT2D eigenvalue weighted by atomic mass is 32.2. The molecule has 1 N–H and O–H groups in total. The number of aromatic nitrogens is 2. The van der Waals surface area contributed by atoms with Crippen molar-refractivity contribution in [2.24, 2.45) is 0 Å².